The summed E-state index contributed by atoms with van der Waals surface area (Å²) in [6.07, 6.45) is -0.504. The molecule has 1 aromatic heterocycles. The van der Waals surface area contributed by atoms with E-state index in [0.29, 0.717) is 19.6 Å². The molecule has 1 heterocycles. The van der Waals surface area contributed by atoms with Crippen LogP contribution >= 0.6 is 34.4 Å². The number of amides is 1. The summed E-state index contributed by atoms with van der Waals surface area (Å²) in [5.41, 5.74) is 1.59. The molecule has 0 spiro atoms. The molecule has 1 N–H and O–H groups in total. The van der Waals surface area contributed by atoms with E-state index < -0.39 is 11.7 Å². The SMILES string of the molecule is CCSc1oc2c(C(C)NC(=O)OC(C)(C)C)cc(C)cc2c(=O)c1I. The van der Waals surface area contributed by atoms with Crippen molar-refractivity contribution < 1.29 is 13.9 Å². The Morgan fingerprint density at radius 3 is 2.62 bits per heavy atom. The summed E-state index contributed by atoms with van der Waals surface area (Å²) in [7, 11) is 0. The molecule has 0 aliphatic rings. The first kappa shape index (κ1) is 21.1. The molecule has 1 atom stereocenters. The van der Waals surface area contributed by atoms with E-state index in [9.17, 15) is 9.59 Å². The van der Waals surface area contributed by atoms with Gasteiger partial charge in [-0.05, 0) is 74.6 Å². The van der Waals surface area contributed by atoms with Gasteiger partial charge in [0.2, 0.25) is 5.43 Å². The lowest BCUT2D eigenvalue weighted by Crippen LogP contribution is -2.34. The fraction of sp³-hybridized carbons (Fsp3) is 0.474. The van der Waals surface area contributed by atoms with E-state index in [-0.39, 0.29) is 11.5 Å². The van der Waals surface area contributed by atoms with Crippen LogP contribution in [-0.2, 0) is 4.74 Å². The van der Waals surface area contributed by atoms with Crippen molar-refractivity contribution >= 4 is 51.4 Å². The zero-order valence-corrected chi connectivity index (χ0v) is 18.8. The molecule has 0 radical (unpaired) electrons. The van der Waals surface area contributed by atoms with Gasteiger partial charge in [-0.25, -0.2) is 4.79 Å². The van der Waals surface area contributed by atoms with E-state index in [1.54, 1.807) is 0 Å². The zero-order valence-electron chi connectivity index (χ0n) is 15.9. The highest BCUT2D eigenvalue weighted by molar-refractivity contribution is 14.1. The normalized spacial score (nSPS) is 12.9. The van der Waals surface area contributed by atoms with Gasteiger partial charge >= 0.3 is 6.09 Å². The highest BCUT2D eigenvalue weighted by atomic mass is 127. The fourth-order valence-corrected chi connectivity index (χ4v) is 4.03. The third-order valence-corrected chi connectivity index (χ3v) is 5.74. The second-order valence-corrected chi connectivity index (χ2v) is 9.38. The van der Waals surface area contributed by atoms with Crippen molar-refractivity contribution in [3.63, 3.8) is 0 Å². The van der Waals surface area contributed by atoms with Crippen LogP contribution in [0.4, 0.5) is 4.79 Å². The van der Waals surface area contributed by atoms with Gasteiger partial charge in [-0.15, -0.1) is 0 Å². The minimum atomic E-state index is -0.577. The Hall–Kier alpha value is -1.22. The van der Waals surface area contributed by atoms with Crippen molar-refractivity contribution in [1.29, 1.82) is 0 Å². The topological polar surface area (TPSA) is 68.5 Å². The number of hydrogen-bond donors (Lipinski definition) is 1. The molecular weight excluding hydrogens is 465 g/mol. The number of ether oxygens (including phenoxy) is 1. The number of aryl methyl sites for hydroxylation is 1. The molecule has 2 aromatic rings. The van der Waals surface area contributed by atoms with Crippen LogP contribution in [0.25, 0.3) is 11.0 Å². The van der Waals surface area contributed by atoms with Crippen LogP contribution in [0.2, 0.25) is 0 Å². The van der Waals surface area contributed by atoms with Crippen molar-refractivity contribution in [3.8, 4) is 0 Å². The van der Waals surface area contributed by atoms with Crippen LogP contribution in [0.1, 0.15) is 51.8 Å². The first-order chi connectivity index (χ1) is 12.0. The van der Waals surface area contributed by atoms with Gasteiger partial charge in [0.15, 0.2) is 5.09 Å². The Morgan fingerprint density at radius 2 is 2.04 bits per heavy atom. The quantitative estimate of drug-likeness (QED) is 0.460. The summed E-state index contributed by atoms with van der Waals surface area (Å²) in [6, 6.07) is 3.39. The lowest BCUT2D eigenvalue weighted by Gasteiger charge is -2.22. The standard InChI is InChI=1S/C19H24INO4S/c1-7-26-17-14(20)15(22)13-9-10(2)8-12(16(13)24-17)11(3)21-18(23)25-19(4,5)6/h8-9,11H,7H2,1-6H3,(H,21,23). The van der Waals surface area contributed by atoms with Crippen molar-refractivity contribution in [2.45, 2.75) is 58.3 Å². The molecule has 1 amide bonds. The van der Waals surface area contributed by atoms with E-state index in [1.165, 1.54) is 11.8 Å². The molecule has 142 valence electrons. The van der Waals surface area contributed by atoms with Gasteiger partial charge in [0, 0.05) is 5.56 Å². The number of alkyl carbamates (subject to hydrolysis) is 1. The molecule has 26 heavy (non-hydrogen) atoms. The average molecular weight is 489 g/mol. The van der Waals surface area contributed by atoms with Crippen LogP contribution in [0.5, 0.6) is 0 Å². The van der Waals surface area contributed by atoms with Gasteiger partial charge in [-0.1, -0.05) is 24.8 Å². The summed E-state index contributed by atoms with van der Waals surface area (Å²) in [6.45, 7) is 11.2. The fourth-order valence-electron chi connectivity index (χ4n) is 2.54. The zero-order chi connectivity index (χ0) is 19.6. The van der Waals surface area contributed by atoms with Crippen LogP contribution in [0.15, 0.2) is 26.4 Å². The second kappa shape index (κ2) is 8.21. The molecule has 0 fully saturated rings. The van der Waals surface area contributed by atoms with Crippen molar-refractivity contribution in [3.05, 3.63) is 37.1 Å². The van der Waals surface area contributed by atoms with Gasteiger partial charge < -0.3 is 14.5 Å². The Balaban J connectivity index is 2.52. The summed E-state index contributed by atoms with van der Waals surface area (Å²) >= 11 is 3.53. The first-order valence-electron chi connectivity index (χ1n) is 8.42. The van der Waals surface area contributed by atoms with Crippen LogP contribution in [-0.4, -0.2) is 17.4 Å². The third-order valence-electron chi connectivity index (χ3n) is 3.56. The minimum absolute atomic E-state index is 0.0442. The lowest BCUT2D eigenvalue weighted by atomic mass is 10.0. The molecule has 1 aromatic carbocycles. The van der Waals surface area contributed by atoms with Gasteiger partial charge in [0.05, 0.1) is 11.4 Å². The van der Waals surface area contributed by atoms with E-state index in [2.05, 4.69) is 5.32 Å². The summed E-state index contributed by atoms with van der Waals surface area (Å²) < 4.78 is 12.0. The monoisotopic (exact) mass is 489 g/mol. The molecule has 0 bridgehead atoms. The molecule has 2 rings (SSSR count). The lowest BCUT2D eigenvalue weighted by molar-refractivity contribution is 0.0508. The van der Waals surface area contributed by atoms with Gasteiger partial charge in [0.1, 0.15) is 14.8 Å². The number of nitrogens with one attached hydrogen (secondary N) is 1. The maximum atomic E-state index is 12.8. The third kappa shape index (κ3) is 4.94. The predicted molar refractivity (Wildman–Crippen MR) is 114 cm³/mol. The van der Waals surface area contributed by atoms with E-state index in [0.717, 1.165) is 16.9 Å². The summed E-state index contributed by atoms with van der Waals surface area (Å²) in [5.74, 6) is 0.803. The molecular formula is C19H24INO4S. The average Bonchev–Trinajstić information content (AvgIpc) is 2.50. The molecule has 0 saturated carbocycles. The van der Waals surface area contributed by atoms with Crippen molar-refractivity contribution in [2.24, 2.45) is 0 Å². The van der Waals surface area contributed by atoms with Crippen LogP contribution in [0, 0.1) is 10.5 Å². The van der Waals surface area contributed by atoms with E-state index in [4.69, 9.17) is 9.15 Å². The predicted octanol–water partition coefficient (Wildman–Crippen LogP) is 5.40. The van der Waals surface area contributed by atoms with E-state index >= 15 is 0 Å². The van der Waals surface area contributed by atoms with Gasteiger partial charge in [-0.2, -0.15) is 0 Å². The van der Waals surface area contributed by atoms with Crippen LogP contribution < -0.4 is 10.7 Å². The number of benzene rings is 1. The van der Waals surface area contributed by atoms with E-state index in [1.807, 2.05) is 76.3 Å². The molecule has 7 heteroatoms. The molecule has 1 unspecified atom stereocenters. The summed E-state index contributed by atoms with van der Waals surface area (Å²) in [5, 5.41) is 3.97. The highest BCUT2D eigenvalue weighted by Crippen LogP contribution is 2.31. The van der Waals surface area contributed by atoms with Crippen molar-refractivity contribution in [1.82, 2.24) is 5.32 Å². The number of fused-ring (bicyclic) bond motifs is 1. The molecule has 5 nitrogen and oxygen atoms in total. The number of rotatable bonds is 4. The molecule has 0 aliphatic heterocycles. The number of halogens is 1. The maximum Gasteiger partial charge on any atom is 0.408 e. The Labute approximate surface area is 171 Å². The highest BCUT2D eigenvalue weighted by Gasteiger charge is 2.22. The number of carbonyl (C=O) groups is 1. The van der Waals surface area contributed by atoms with Gasteiger partial charge in [0.25, 0.3) is 0 Å². The number of hydrogen-bond acceptors (Lipinski definition) is 5. The number of thioether (sulfide) groups is 1. The Kier molecular flexibility index (Phi) is 6.65. The smallest absolute Gasteiger partial charge is 0.408 e. The Bertz CT molecular complexity index is 886. The Morgan fingerprint density at radius 1 is 1.38 bits per heavy atom. The van der Waals surface area contributed by atoms with Crippen LogP contribution in [0.3, 0.4) is 0 Å². The second-order valence-electron chi connectivity index (χ2n) is 7.06. The number of carbonyl (C=O) groups excluding carboxylic acids is 1. The maximum absolute atomic E-state index is 12.8. The molecule has 0 saturated heterocycles. The first-order valence-corrected chi connectivity index (χ1v) is 10.5. The van der Waals surface area contributed by atoms with Crippen molar-refractivity contribution in [2.75, 3.05) is 5.75 Å². The molecule has 0 aliphatic carbocycles. The minimum Gasteiger partial charge on any atom is -0.448 e. The largest absolute Gasteiger partial charge is 0.448 e. The van der Waals surface area contributed by atoms with Gasteiger partial charge in [-0.3, -0.25) is 4.79 Å². The summed E-state index contributed by atoms with van der Waals surface area (Å²) in [4.78, 5) is 24.9.